The molecule has 0 heterocycles. The molecule has 6 nitrogen and oxygen atoms in total. The SMILES string of the molecule is CCOc1ccc(OCC(=O)N(c2ccccc2)S(=O)(=O)c2ccccc2)cc1. The summed E-state index contributed by atoms with van der Waals surface area (Å²) < 4.78 is 37.9. The molecule has 3 aromatic carbocycles. The molecule has 1 amide bonds. The molecule has 0 bridgehead atoms. The Balaban J connectivity index is 1.84. The van der Waals surface area contributed by atoms with Gasteiger partial charge < -0.3 is 9.47 Å². The number of carbonyl (C=O) groups is 1. The molecule has 0 aliphatic carbocycles. The first-order valence-electron chi connectivity index (χ1n) is 9.06. The third-order valence-electron chi connectivity index (χ3n) is 4.00. The molecule has 0 saturated carbocycles. The van der Waals surface area contributed by atoms with E-state index in [2.05, 4.69) is 0 Å². The van der Waals surface area contributed by atoms with Crippen LogP contribution in [0.1, 0.15) is 6.92 Å². The van der Waals surface area contributed by atoms with Gasteiger partial charge in [0.2, 0.25) is 0 Å². The van der Waals surface area contributed by atoms with E-state index in [1.165, 1.54) is 12.1 Å². The summed E-state index contributed by atoms with van der Waals surface area (Å²) in [5.74, 6) is 0.421. The molecular formula is C22H21NO5S. The maximum absolute atomic E-state index is 13.1. The van der Waals surface area contributed by atoms with Gasteiger partial charge in [0.05, 0.1) is 17.2 Å². The van der Waals surface area contributed by atoms with E-state index in [4.69, 9.17) is 9.47 Å². The van der Waals surface area contributed by atoms with Crippen molar-refractivity contribution in [2.24, 2.45) is 0 Å². The first-order valence-corrected chi connectivity index (χ1v) is 10.5. The van der Waals surface area contributed by atoms with Crippen molar-refractivity contribution in [2.45, 2.75) is 11.8 Å². The summed E-state index contributed by atoms with van der Waals surface area (Å²) in [6.07, 6.45) is 0. The molecule has 150 valence electrons. The van der Waals surface area contributed by atoms with Gasteiger partial charge in [0.15, 0.2) is 6.61 Å². The van der Waals surface area contributed by atoms with Crippen LogP contribution in [0.15, 0.2) is 89.8 Å². The van der Waals surface area contributed by atoms with Crippen molar-refractivity contribution >= 4 is 21.6 Å². The lowest BCUT2D eigenvalue weighted by atomic mass is 10.3. The number of carbonyl (C=O) groups excluding carboxylic acids is 1. The van der Waals surface area contributed by atoms with Crippen molar-refractivity contribution in [3.05, 3.63) is 84.9 Å². The van der Waals surface area contributed by atoms with Crippen LogP contribution in [-0.4, -0.2) is 27.5 Å². The van der Waals surface area contributed by atoms with Crippen molar-refractivity contribution < 1.29 is 22.7 Å². The third kappa shape index (κ3) is 4.94. The van der Waals surface area contributed by atoms with Crippen LogP contribution in [0.25, 0.3) is 0 Å². The Morgan fingerprint density at radius 3 is 1.86 bits per heavy atom. The second kappa shape index (κ2) is 9.25. The van der Waals surface area contributed by atoms with E-state index in [-0.39, 0.29) is 10.6 Å². The molecule has 3 rings (SSSR count). The number of amides is 1. The van der Waals surface area contributed by atoms with E-state index in [0.29, 0.717) is 18.1 Å². The van der Waals surface area contributed by atoms with Gasteiger partial charge in [0.25, 0.3) is 15.9 Å². The Hall–Kier alpha value is -3.32. The molecule has 0 spiro atoms. The van der Waals surface area contributed by atoms with Gasteiger partial charge >= 0.3 is 0 Å². The van der Waals surface area contributed by atoms with Crippen LogP contribution in [0.4, 0.5) is 5.69 Å². The van der Waals surface area contributed by atoms with Crippen LogP contribution in [0.5, 0.6) is 11.5 Å². The summed E-state index contributed by atoms with van der Waals surface area (Å²) in [6, 6.07) is 22.8. The highest BCUT2D eigenvalue weighted by molar-refractivity contribution is 7.93. The zero-order chi connectivity index (χ0) is 20.7. The van der Waals surface area contributed by atoms with E-state index in [9.17, 15) is 13.2 Å². The second-order valence-corrected chi connectivity index (χ2v) is 7.79. The summed E-state index contributed by atoms with van der Waals surface area (Å²) in [7, 11) is -4.09. The van der Waals surface area contributed by atoms with E-state index >= 15 is 0 Å². The van der Waals surface area contributed by atoms with Crippen LogP contribution < -0.4 is 13.8 Å². The molecule has 0 aromatic heterocycles. The van der Waals surface area contributed by atoms with Crippen LogP contribution in [0, 0.1) is 0 Å². The van der Waals surface area contributed by atoms with Gasteiger partial charge in [-0.05, 0) is 55.5 Å². The van der Waals surface area contributed by atoms with Gasteiger partial charge in [-0.25, -0.2) is 8.42 Å². The quantitative estimate of drug-likeness (QED) is 0.562. The van der Waals surface area contributed by atoms with Gasteiger partial charge in [-0.3, -0.25) is 4.79 Å². The maximum atomic E-state index is 13.1. The first kappa shape index (κ1) is 20.4. The number of sulfonamides is 1. The van der Waals surface area contributed by atoms with Gasteiger partial charge in [-0.1, -0.05) is 36.4 Å². The zero-order valence-electron chi connectivity index (χ0n) is 15.9. The van der Waals surface area contributed by atoms with Gasteiger partial charge in [-0.15, -0.1) is 0 Å². The molecule has 0 saturated heterocycles. The van der Waals surface area contributed by atoms with Crippen LogP contribution >= 0.6 is 0 Å². The Morgan fingerprint density at radius 1 is 0.793 bits per heavy atom. The third-order valence-corrected chi connectivity index (χ3v) is 5.76. The predicted molar refractivity (Wildman–Crippen MR) is 111 cm³/mol. The fourth-order valence-electron chi connectivity index (χ4n) is 2.68. The molecule has 0 atom stereocenters. The number of anilines is 1. The normalized spacial score (nSPS) is 10.9. The fraction of sp³-hybridized carbons (Fsp3) is 0.136. The molecule has 3 aromatic rings. The topological polar surface area (TPSA) is 72.9 Å². The highest BCUT2D eigenvalue weighted by Gasteiger charge is 2.31. The smallest absolute Gasteiger partial charge is 0.278 e. The van der Waals surface area contributed by atoms with Crippen LogP contribution in [-0.2, 0) is 14.8 Å². The largest absolute Gasteiger partial charge is 0.494 e. The number of hydrogen-bond donors (Lipinski definition) is 0. The molecule has 7 heteroatoms. The maximum Gasteiger partial charge on any atom is 0.278 e. The lowest BCUT2D eigenvalue weighted by Gasteiger charge is -2.22. The molecule has 0 unspecified atom stereocenters. The summed E-state index contributed by atoms with van der Waals surface area (Å²) in [5, 5.41) is 0. The van der Waals surface area contributed by atoms with Crippen molar-refractivity contribution in [2.75, 3.05) is 17.5 Å². The van der Waals surface area contributed by atoms with E-state index < -0.39 is 22.5 Å². The van der Waals surface area contributed by atoms with Crippen molar-refractivity contribution in [3.8, 4) is 11.5 Å². The Kier molecular flexibility index (Phi) is 6.51. The fourth-order valence-corrected chi connectivity index (χ4v) is 4.11. The van der Waals surface area contributed by atoms with Gasteiger partial charge in [0, 0.05) is 0 Å². The Bertz CT molecular complexity index is 1040. The highest BCUT2D eigenvalue weighted by atomic mass is 32.2. The molecular weight excluding hydrogens is 390 g/mol. The standard InChI is InChI=1S/C22H21NO5S/c1-2-27-19-13-15-20(16-14-19)28-17-22(24)23(18-9-5-3-6-10-18)29(25,26)21-11-7-4-8-12-21/h3-16H,2,17H2,1H3. The zero-order valence-corrected chi connectivity index (χ0v) is 16.7. The minimum absolute atomic E-state index is 0.0262. The van der Waals surface area contributed by atoms with Crippen molar-refractivity contribution in [3.63, 3.8) is 0 Å². The van der Waals surface area contributed by atoms with E-state index in [0.717, 1.165) is 4.31 Å². The van der Waals surface area contributed by atoms with Crippen LogP contribution in [0.3, 0.4) is 0 Å². The van der Waals surface area contributed by atoms with Crippen LogP contribution in [0.2, 0.25) is 0 Å². The van der Waals surface area contributed by atoms with E-state index in [1.54, 1.807) is 72.8 Å². The molecule has 29 heavy (non-hydrogen) atoms. The molecule has 0 N–H and O–H groups in total. The number of rotatable bonds is 8. The van der Waals surface area contributed by atoms with Crippen molar-refractivity contribution in [1.29, 1.82) is 0 Å². The summed E-state index contributed by atoms with van der Waals surface area (Å²) in [5.41, 5.74) is 0.247. The highest BCUT2D eigenvalue weighted by Crippen LogP contribution is 2.24. The number of ether oxygens (including phenoxy) is 2. The number of benzene rings is 3. The minimum Gasteiger partial charge on any atom is -0.494 e. The Morgan fingerprint density at radius 2 is 1.31 bits per heavy atom. The molecule has 0 aliphatic heterocycles. The summed E-state index contributed by atoms with van der Waals surface area (Å²) in [4.78, 5) is 12.9. The Labute approximate surface area is 170 Å². The summed E-state index contributed by atoms with van der Waals surface area (Å²) in [6.45, 7) is 1.99. The van der Waals surface area contributed by atoms with Gasteiger partial charge in [0.1, 0.15) is 11.5 Å². The van der Waals surface area contributed by atoms with E-state index in [1.807, 2.05) is 6.92 Å². The second-order valence-electron chi connectivity index (χ2n) is 6.00. The monoisotopic (exact) mass is 411 g/mol. The van der Waals surface area contributed by atoms with Crippen molar-refractivity contribution in [1.82, 2.24) is 0 Å². The minimum atomic E-state index is -4.09. The predicted octanol–water partition coefficient (Wildman–Crippen LogP) is 3.89. The first-order chi connectivity index (χ1) is 14.0. The number of nitrogens with zero attached hydrogens (tertiary/aromatic N) is 1. The average Bonchev–Trinajstić information content (AvgIpc) is 2.75. The number of hydrogen-bond acceptors (Lipinski definition) is 5. The lowest BCUT2D eigenvalue weighted by molar-refractivity contribution is -0.119. The molecule has 0 aliphatic rings. The lowest BCUT2D eigenvalue weighted by Crippen LogP contribution is -2.40. The molecule has 0 radical (unpaired) electrons. The summed E-state index contributed by atoms with van der Waals surface area (Å²) >= 11 is 0. The average molecular weight is 411 g/mol. The number of para-hydroxylation sites is 1. The van der Waals surface area contributed by atoms with Gasteiger partial charge in [-0.2, -0.15) is 4.31 Å². The molecule has 0 fully saturated rings.